The van der Waals surface area contributed by atoms with Gasteiger partial charge < -0.3 is 10.2 Å². The van der Waals surface area contributed by atoms with Gasteiger partial charge in [0, 0.05) is 38.3 Å². The van der Waals surface area contributed by atoms with Gasteiger partial charge in [0.25, 0.3) is 0 Å². The Kier molecular flexibility index (Phi) is 5.28. The van der Waals surface area contributed by atoms with Crippen molar-refractivity contribution in [2.75, 3.05) is 32.7 Å². The first kappa shape index (κ1) is 16.4. The normalized spacial score (nSPS) is 26.3. The summed E-state index contributed by atoms with van der Waals surface area (Å²) in [6, 6.07) is 7.13. The highest BCUT2D eigenvalue weighted by Gasteiger charge is 2.29. The number of nitrogens with one attached hydrogen (secondary N) is 1. The Balaban J connectivity index is 1.70. The molecule has 126 valence electrons. The standard InChI is InChI=1S/C18H26FN3O/c1-14-5-2-3-9-22(14)18(23)13-21-10-8-20-12-17(21)15-6-4-7-16(19)11-15/h4,6-7,11,14,17,20H,2-3,5,8-10,12-13H2,1H3. The van der Waals surface area contributed by atoms with Crippen molar-refractivity contribution >= 4 is 5.91 Å². The number of piperidine rings is 1. The van der Waals surface area contributed by atoms with E-state index in [0.717, 1.165) is 44.6 Å². The van der Waals surface area contributed by atoms with Crippen molar-refractivity contribution in [3.63, 3.8) is 0 Å². The average Bonchev–Trinajstić information content (AvgIpc) is 2.55. The number of carbonyl (C=O) groups is 1. The predicted molar refractivity (Wildman–Crippen MR) is 88.6 cm³/mol. The molecule has 2 saturated heterocycles. The lowest BCUT2D eigenvalue weighted by Crippen LogP contribution is -2.52. The van der Waals surface area contributed by atoms with Crippen LogP contribution in [0.4, 0.5) is 4.39 Å². The van der Waals surface area contributed by atoms with Crippen molar-refractivity contribution in [2.24, 2.45) is 0 Å². The maximum Gasteiger partial charge on any atom is 0.237 e. The fourth-order valence-electron chi connectivity index (χ4n) is 3.71. The summed E-state index contributed by atoms with van der Waals surface area (Å²) in [4.78, 5) is 16.9. The lowest BCUT2D eigenvalue weighted by molar-refractivity contribution is -0.136. The lowest BCUT2D eigenvalue weighted by atomic mass is 10.0. The highest BCUT2D eigenvalue weighted by molar-refractivity contribution is 5.78. The van der Waals surface area contributed by atoms with E-state index in [1.807, 2.05) is 11.0 Å². The van der Waals surface area contributed by atoms with Crippen LogP contribution >= 0.6 is 0 Å². The molecule has 2 aliphatic rings. The largest absolute Gasteiger partial charge is 0.339 e. The molecule has 3 rings (SSSR count). The number of carbonyl (C=O) groups excluding carboxylic acids is 1. The zero-order valence-corrected chi connectivity index (χ0v) is 13.8. The van der Waals surface area contributed by atoms with Crippen LogP contribution in [0.25, 0.3) is 0 Å². The summed E-state index contributed by atoms with van der Waals surface area (Å²) in [5.74, 6) is -0.00972. The third-order valence-electron chi connectivity index (χ3n) is 5.05. The first-order valence-electron chi connectivity index (χ1n) is 8.65. The van der Waals surface area contributed by atoms with Crippen LogP contribution in [0.5, 0.6) is 0 Å². The molecular weight excluding hydrogens is 293 g/mol. The predicted octanol–water partition coefficient (Wildman–Crippen LogP) is 2.17. The second-order valence-corrected chi connectivity index (χ2v) is 6.68. The first-order chi connectivity index (χ1) is 11.1. The van der Waals surface area contributed by atoms with Crippen LogP contribution in [0.2, 0.25) is 0 Å². The second-order valence-electron chi connectivity index (χ2n) is 6.68. The molecule has 2 unspecified atom stereocenters. The number of amides is 1. The number of piperazine rings is 1. The van der Waals surface area contributed by atoms with Gasteiger partial charge in [-0.25, -0.2) is 4.39 Å². The van der Waals surface area contributed by atoms with Crippen LogP contribution < -0.4 is 5.32 Å². The molecule has 0 bridgehead atoms. The van der Waals surface area contributed by atoms with E-state index in [9.17, 15) is 9.18 Å². The second kappa shape index (κ2) is 7.41. The van der Waals surface area contributed by atoms with Crippen LogP contribution in [-0.2, 0) is 4.79 Å². The number of benzene rings is 1. The van der Waals surface area contributed by atoms with Crippen molar-refractivity contribution in [1.29, 1.82) is 0 Å². The van der Waals surface area contributed by atoms with E-state index in [0.29, 0.717) is 12.6 Å². The number of rotatable bonds is 3. The van der Waals surface area contributed by atoms with Crippen molar-refractivity contribution < 1.29 is 9.18 Å². The highest BCUT2D eigenvalue weighted by Crippen LogP contribution is 2.24. The molecule has 23 heavy (non-hydrogen) atoms. The molecule has 0 radical (unpaired) electrons. The van der Waals surface area contributed by atoms with Gasteiger partial charge >= 0.3 is 0 Å². The molecule has 1 aromatic rings. The summed E-state index contributed by atoms with van der Waals surface area (Å²) in [5.41, 5.74) is 0.941. The molecular formula is C18H26FN3O. The zero-order valence-electron chi connectivity index (χ0n) is 13.8. The molecule has 5 heteroatoms. The van der Waals surface area contributed by atoms with Crippen LogP contribution in [0.15, 0.2) is 24.3 Å². The molecule has 1 aromatic carbocycles. The number of hydrogen-bond donors (Lipinski definition) is 1. The summed E-state index contributed by atoms with van der Waals surface area (Å²) < 4.78 is 13.5. The maximum atomic E-state index is 13.5. The monoisotopic (exact) mass is 319 g/mol. The van der Waals surface area contributed by atoms with Crippen LogP contribution in [-0.4, -0.2) is 54.5 Å². The summed E-state index contributed by atoms with van der Waals surface area (Å²) in [6.45, 7) is 5.87. The highest BCUT2D eigenvalue weighted by atomic mass is 19.1. The summed E-state index contributed by atoms with van der Waals surface area (Å²) >= 11 is 0. The fourth-order valence-corrected chi connectivity index (χ4v) is 3.71. The number of halogens is 1. The van der Waals surface area contributed by atoms with Gasteiger partial charge in [0.05, 0.1) is 6.54 Å². The van der Waals surface area contributed by atoms with Crippen molar-refractivity contribution in [3.8, 4) is 0 Å². The van der Waals surface area contributed by atoms with E-state index in [1.54, 1.807) is 12.1 Å². The molecule has 4 nitrogen and oxygen atoms in total. The average molecular weight is 319 g/mol. The smallest absolute Gasteiger partial charge is 0.237 e. The minimum Gasteiger partial charge on any atom is -0.339 e. The Labute approximate surface area is 137 Å². The molecule has 1 N–H and O–H groups in total. The first-order valence-corrected chi connectivity index (χ1v) is 8.65. The van der Waals surface area contributed by atoms with E-state index in [2.05, 4.69) is 17.1 Å². The minimum absolute atomic E-state index is 0.0588. The molecule has 0 saturated carbocycles. The maximum absolute atomic E-state index is 13.5. The Morgan fingerprint density at radius 1 is 1.35 bits per heavy atom. The van der Waals surface area contributed by atoms with Gasteiger partial charge in [-0.05, 0) is 43.9 Å². The Bertz CT molecular complexity index is 551. The van der Waals surface area contributed by atoms with Crippen molar-refractivity contribution in [1.82, 2.24) is 15.1 Å². The Hall–Kier alpha value is -1.46. The number of likely N-dealkylation sites (tertiary alicyclic amines) is 1. The third kappa shape index (κ3) is 3.90. The van der Waals surface area contributed by atoms with Crippen LogP contribution in [0.1, 0.15) is 37.8 Å². The summed E-state index contributed by atoms with van der Waals surface area (Å²) in [7, 11) is 0. The van der Waals surface area contributed by atoms with Crippen LogP contribution in [0, 0.1) is 5.82 Å². The van der Waals surface area contributed by atoms with Crippen LogP contribution in [0.3, 0.4) is 0 Å². The minimum atomic E-state index is -0.219. The van der Waals surface area contributed by atoms with E-state index < -0.39 is 0 Å². The van der Waals surface area contributed by atoms with E-state index in [1.165, 1.54) is 12.5 Å². The van der Waals surface area contributed by atoms with Gasteiger partial charge in [0.1, 0.15) is 5.82 Å². The van der Waals surface area contributed by atoms with Gasteiger partial charge in [0.2, 0.25) is 5.91 Å². The lowest BCUT2D eigenvalue weighted by Gasteiger charge is -2.39. The van der Waals surface area contributed by atoms with Gasteiger partial charge in [-0.1, -0.05) is 12.1 Å². The van der Waals surface area contributed by atoms with E-state index >= 15 is 0 Å². The van der Waals surface area contributed by atoms with E-state index in [4.69, 9.17) is 0 Å². The van der Waals surface area contributed by atoms with Gasteiger partial charge in [-0.2, -0.15) is 0 Å². The van der Waals surface area contributed by atoms with Crippen molar-refractivity contribution in [3.05, 3.63) is 35.6 Å². The molecule has 2 aliphatic heterocycles. The molecule has 1 amide bonds. The SMILES string of the molecule is CC1CCCCN1C(=O)CN1CCNCC1c1cccc(F)c1. The topological polar surface area (TPSA) is 35.6 Å². The quantitative estimate of drug-likeness (QED) is 0.927. The molecule has 0 aliphatic carbocycles. The third-order valence-corrected chi connectivity index (χ3v) is 5.05. The zero-order chi connectivity index (χ0) is 16.2. The molecule has 0 aromatic heterocycles. The Morgan fingerprint density at radius 2 is 2.22 bits per heavy atom. The molecule has 0 spiro atoms. The van der Waals surface area contributed by atoms with Gasteiger partial charge in [0.15, 0.2) is 0 Å². The van der Waals surface area contributed by atoms with Gasteiger partial charge in [-0.15, -0.1) is 0 Å². The number of hydrogen-bond acceptors (Lipinski definition) is 3. The van der Waals surface area contributed by atoms with Gasteiger partial charge in [-0.3, -0.25) is 9.69 Å². The molecule has 2 fully saturated rings. The molecule has 2 heterocycles. The van der Waals surface area contributed by atoms with Crippen molar-refractivity contribution in [2.45, 2.75) is 38.3 Å². The summed E-state index contributed by atoms with van der Waals surface area (Å²) in [6.07, 6.45) is 3.41. The fraction of sp³-hybridized carbons (Fsp3) is 0.611. The Morgan fingerprint density at radius 3 is 3.00 bits per heavy atom. The number of nitrogens with zero attached hydrogens (tertiary/aromatic N) is 2. The van der Waals surface area contributed by atoms with E-state index in [-0.39, 0.29) is 17.8 Å². The molecule has 2 atom stereocenters. The summed E-state index contributed by atoms with van der Waals surface area (Å²) in [5, 5.41) is 3.36.